The molecule has 1 fully saturated rings. The maximum absolute atomic E-state index is 11.6. The monoisotopic (exact) mass is 385 g/mol. The van der Waals surface area contributed by atoms with Crippen LogP contribution in [0, 0.1) is 5.92 Å². The van der Waals surface area contributed by atoms with Gasteiger partial charge in [0.2, 0.25) is 5.91 Å². The van der Waals surface area contributed by atoms with Crippen molar-refractivity contribution in [1.82, 2.24) is 5.32 Å². The van der Waals surface area contributed by atoms with Gasteiger partial charge in [-0.05, 0) is 19.3 Å². The molecule has 1 rings (SSSR count). The van der Waals surface area contributed by atoms with Gasteiger partial charge in [-0.1, -0.05) is 13.0 Å². The Hall–Kier alpha value is -1.93. The molecule has 1 heterocycles. The van der Waals surface area contributed by atoms with Gasteiger partial charge in [0.1, 0.15) is 18.8 Å². The molecular weight excluding hydrogens is 354 g/mol. The Labute approximate surface area is 160 Å². The van der Waals surface area contributed by atoms with Crippen molar-refractivity contribution in [3.63, 3.8) is 0 Å². The standard InChI is InChI=1S/C19H31NO7/c1-6-7-8-9-10-24-19-17(20-13(3)21)12(2)18(26-15(5)23)16(27-19)11-25-14(4)22/h6,12,16-19H,1,7-11H2,2-5H3,(H,20,21)/t12-,16?,17?,18-,19-/m1/s1. The Balaban J connectivity index is 2.89. The Bertz CT molecular complexity index is 520. The van der Waals surface area contributed by atoms with Crippen molar-refractivity contribution in [1.29, 1.82) is 0 Å². The van der Waals surface area contributed by atoms with Crippen molar-refractivity contribution >= 4 is 17.8 Å². The molecule has 1 N–H and O–H groups in total. The summed E-state index contributed by atoms with van der Waals surface area (Å²) in [6, 6.07) is -0.500. The van der Waals surface area contributed by atoms with E-state index < -0.39 is 36.5 Å². The predicted octanol–water partition coefficient (Wildman–Crippen LogP) is 1.72. The number of rotatable bonds is 10. The van der Waals surface area contributed by atoms with E-state index in [4.69, 9.17) is 18.9 Å². The van der Waals surface area contributed by atoms with Gasteiger partial charge in [0, 0.05) is 33.3 Å². The third-order valence-corrected chi connectivity index (χ3v) is 4.26. The van der Waals surface area contributed by atoms with E-state index in [1.54, 1.807) is 0 Å². The van der Waals surface area contributed by atoms with E-state index in [0.717, 1.165) is 19.3 Å². The highest BCUT2D eigenvalue weighted by Crippen LogP contribution is 2.30. The first kappa shape index (κ1) is 23.1. The van der Waals surface area contributed by atoms with Gasteiger partial charge < -0.3 is 24.3 Å². The summed E-state index contributed by atoms with van der Waals surface area (Å²) >= 11 is 0. The van der Waals surface area contributed by atoms with E-state index >= 15 is 0 Å². The number of ether oxygens (including phenoxy) is 4. The van der Waals surface area contributed by atoms with E-state index in [2.05, 4.69) is 11.9 Å². The minimum absolute atomic E-state index is 0.0687. The second-order valence-electron chi connectivity index (χ2n) is 6.66. The van der Waals surface area contributed by atoms with Crippen molar-refractivity contribution in [3.8, 4) is 0 Å². The van der Waals surface area contributed by atoms with Gasteiger partial charge in [-0.3, -0.25) is 14.4 Å². The van der Waals surface area contributed by atoms with Crippen molar-refractivity contribution in [2.45, 2.75) is 71.5 Å². The average molecular weight is 385 g/mol. The van der Waals surface area contributed by atoms with Crippen molar-refractivity contribution in [2.75, 3.05) is 13.2 Å². The molecule has 1 aliphatic heterocycles. The summed E-state index contributed by atoms with van der Waals surface area (Å²) in [6.07, 6.45) is 2.39. The van der Waals surface area contributed by atoms with Crippen LogP contribution in [0.1, 0.15) is 47.0 Å². The van der Waals surface area contributed by atoms with Crippen LogP contribution in [-0.2, 0) is 33.3 Å². The summed E-state index contributed by atoms with van der Waals surface area (Å²) in [5.74, 6) is -1.48. The largest absolute Gasteiger partial charge is 0.463 e. The van der Waals surface area contributed by atoms with Gasteiger partial charge in [0.25, 0.3) is 0 Å². The summed E-state index contributed by atoms with van der Waals surface area (Å²) in [7, 11) is 0. The summed E-state index contributed by atoms with van der Waals surface area (Å²) in [4.78, 5) is 34.3. The maximum Gasteiger partial charge on any atom is 0.303 e. The highest BCUT2D eigenvalue weighted by Gasteiger charge is 2.46. The van der Waals surface area contributed by atoms with Crippen LogP contribution in [0.3, 0.4) is 0 Å². The number of nitrogens with one attached hydrogen (secondary N) is 1. The molecule has 1 saturated heterocycles. The van der Waals surface area contributed by atoms with Crippen LogP contribution < -0.4 is 5.32 Å². The molecular formula is C19H31NO7. The highest BCUT2D eigenvalue weighted by molar-refractivity contribution is 5.73. The zero-order chi connectivity index (χ0) is 20.4. The molecule has 0 radical (unpaired) electrons. The molecule has 0 spiro atoms. The molecule has 27 heavy (non-hydrogen) atoms. The second-order valence-corrected chi connectivity index (χ2v) is 6.66. The van der Waals surface area contributed by atoms with E-state index in [0.29, 0.717) is 6.61 Å². The van der Waals surface area contributed by atoms with Gasteiger partial charge in [-0.25, -0.2) is 0 Å². The fourth-order valence-corrected chi connectivity index (χ4v) is 3.00. The van der Waals surface area contributed by atoms with Crippen LogP contribution in [0.5, 0.6) is 0 Å². The van der Waals surface area contributed by atoms with Crippen LogP contribution in [0.25, 0.3) is 0 Å². The van der Waals surface area contributed by atoms with E-state index in [1.165, 1.54) is 20.8 Å². The van der Waals surface area contributed by atoms with E-state index in [9.17, 15) is 14.4 Å². The van der Waals surface area contributed by atoms with Gasteiger partial charge in [0.05, 0.1) is 6.04 Å². The fourth-order valence-electron chi connectivity index (χ4n) is 3.00. The van der Waals surface area contributed by atoms with Gasteiger partial charge in [0.15, 0.2) is 6.29 Å². The third-order valence-electron chi connectivity index (χ3n) is 4.26. The molecule has 8 nitrogen and oxygen atoms in total. The van der Waals surface area contributed by atoms with E-state index in [-0.39, 0.29) is 18.4 Å². The predicted molar refractivity (Wildman–Crippen MR) is 97.6 cm³/mol. The zero-order valence-electron chi connectivity index (χ0n) is 16.6. The Kier molecular flexibility index (Phi) is 10.0. The Morgan fingerprint density at radius 1 is 1.15 bits per heavy atom. The minimum atomic E-state index is -0.736. The average Bonchev–Trinajstić information content (AvgIpc) is 2.57. The summed E-state index contributed by atoms with van der Waals surface area (Å²) in [5, 5.41) is 2.82. The number of hydrogen-bond acceptors (Lipinski definition) is 7. The van der Waals surface area contributed by atoms with E-state index in [1.807, 2.05) is 13.0 Å². The zero-order valence-corrected chi connectivity index (χ0v) is 16.6. The second kappa shape index (κ2) is 11.7. The number of amides is 1. The Morgan fingerprint density at radius 2 is 1.85 bits per heavy atom. The Morgan fingerprint density at radius 3 is 2.41 bits per heavy atom. The van der Waals surface area contributed by atoms with Crippen LogP contribution in [0.15, 0.2) is 12.7 Å². The lowest BCUT2D eigenvalue weighted by Crippen LogP contribution is -2.62. The SMILES string of the molecule is C=CCCCCO[C@@H]1OC(COC(C)=O)[C@H](OC(C)=O)[C@H](C)C1NC(C)=O. The van der Waals surface area contributed by atoms with Crippen LogP contribution in [0.4, 0.5) is 0 Å². The lowest BCUT2D eigenvalue weighted by atomic mass is 9.88. The molecule has 154 valence electrons. The maximum atomic E-state index is 11.6. The summed E-state index contributed by atoms with van der Waals surface area (Å²) in [5.41, 5.74) is 0. The molecule has 1 amide bonds. The van der Waals surface area contributed by atoms with Crippen molar-refractivity contribution in [3.05, 3.63) is 12.7 Å². The van der Waals surface area contributed by atoms with Crippen LogP contribution in [0.2, 0.25) is 0 Å². The van der Waals surface area contributed by atoms with Gasteiger partial charge in [-0.15, -0.1) is 6.58 Å². The third kappa shape index (κ3) is 8.09. The number of carbonyl (C=O) groups is 3. The number of unbranched alkanes of at least 4 members (excludes halogenated alkanes) is 2. The van der Waals surface area contributed by atoms with Gasteiger partial charge >= 0.3 is 11.9 Å². The number of esters is 2. The smallest absolute Gasteiger partial charge is 0.303 e. The molecule has 5 atom stereocenters. The van der Waals surface area contributed by atoms with Crippen LogP contribution in [-0.4, -0.2) is 55.6 Å². The lowest BCUT2D eigenvalue weighted by Gasteiger charge is -2.44. The number of carbonyl (C=O) groups excluding carboxylic acids is 3. The molecule has 0 saturated carbocycles. The number of allylic oxidation sites excluding steroid dienone is 1. The molecule has 8 heteroatoms. The highest BCUT2D eigenvalue weighted by atomic mass is 16.7. The molecule has 0 aromatic rings. The molecule has 0 aromatic carbocycles. The molecule has 0 aromatic heterocycles. The molecule has 1 aliphatic rings. The summed E-state index contributed by atoms with van der Waals surface area (Å²) in [6.45, 7) is 9.89. The topological polar surface area (TPSA) is 100 Å². The first-order valence-corrected chi connectivity index (χ1v) is 9.21. The normalized spacial score (nSPS) is 27.5. The molecule has 0 aliphatic carbocycles. The van der Waals surface area contributed by atoms with Crippen LogP contribution >= 0.6 is 0 Å². The van der Waals surface area contributed by atoms with Gasteiger partial charge in [-0.2, -0.15) is 0 Å². The molecule has 0 bridgehead atoms. The lowest BCUT2D eigenvalue weighted by molar-refractivity contribution is -0.262. The summed E-state index contributed by atoms with van der Waals surface area (Å²) < 4.78 is 22.2. The van der Waals surface area contributed by atoms with Crippen molar-refractivity contribution < 1.29 is 33.3 Å². The first-order chi connectivity index (χ1) is 12.8. The first-order valence-electron chi connectivity index (χ1n) is 9.21. The number of hydrogen-bond donors (Lipinski definition) is 1. The minimum Gasteiger partial charge on any atom is -0.463 e. The fraction of sp³-hybridized carbons (Fsp3) is 0.737. The van der Waals surface area contributed by atoms with Crippen molar-refractivity contribution in [2.24, 2.45) is 5.92 Å². The quantitative estimate of drug-likeness (QED) is 0.347. The molecule has 2 unspecified atom stereocenters.